The number of ketones is 1. The second-order valence-corrected chi connectivity index (χ2v) is 4.34. The molecule has 1 saturated carbocycles. The van der Waals surface area contributed by atoms with Gasteiger partial charge in [-0.05, 0) is 25.8 Å². The van der Waals surface area contributed by atoms with Gasteiger partial charge in [-0.25, -0.2) is 0 Å². The molecule has 2 rings (SSSR count). The topological polar surface area (TPSA) is 29.5 Å². The molecule has 0 bridgehead atoms. The van der Waals surface area contributed by atoms with Gasteiger partial charge in [-0.3, -0.25) is 9.69 Å². The fourth-order valence-electron chi connectivity index (χ4n) is 2.02. The van der Waals surface area contributed by atoms with Crippen molar-refractivity contribution in [3.8, 4) is 0 Å². The van der Waals surface area contributed by atoms with Gasteiger partial charge < -0.3 is 4.74 Å². The molecule has 0 N–H and O–H groups in total. The largest absolute Gasteiger partial charge is 0.368 e. The number of rotatable bonds is 4. The minimum Gasteiger partial charge on any atom is -0.368 e. The summed E-state index contributed by atoms with van der Waals surface area (Å²) < 4.78 is 5.53. The standard InChI is InChI=1S/C11H19NO2/c1-2-5-12-6-7-14-10(8-12)11(13)9-3-4-9/h9-10H,2-8H2,1H3. The van der Waals surface area contributed by atoms with Gasteiger partial charge in [0.25, 0.3) is 0 Å². The van der Waals surface area contributed by atoms with Gasteiger partial charge in [-0.15, -0.1) is 0 Å². The lowest BCUT2D eigenvalue weighted by molar-refractivity contribution is -0.137. The van der Waals surface area contributed by atoms with Crippen LogP contribution in [0.2, 0.25) is 0 Å². The molecular formula is C11H19NO2. The highest BCUT2D eigenvalue weighted by Gasteiger charge is 2.37. The number of carbonyl (C=O) groups is 1. The first-order valence-corrected chi connectivity index (χ1v) is 5.69. The van der Waals surface area contributed by atoms with Gasteiger partial charge in [0.05, 0.1) is 6.61 Å². The maximum absolute atomic E-state index is 11.8. The molecule has 2 aliphatic rings. The van der Waals surface area contributed by atoms with Gasteiger partial charge in [-0.1, -0.05) is 6.92 Å². The average molecular weight is 197 g/mol. The monoisotopic (exact) mass is 197 g/mol. The zero-order valence-corrected chi connectivity index (χ0v) is 8.87. The van der Waals surface area contributed by atoms with E-state index in [0.29, 0.717) is 11.7 Å². The molecule has 0 spiro atoms. The Morgan fingerprint density at radius 3 is 2.93 bits per heavy atom. The average Bonchev–Trinajstić information content (AvgIpc) is 3.01. The van der Waals surface area contributed by atoms with E-state index >= 15 is 0 Å². The first-order valence-electron chi connectivity index (χ1n) is 5.69. The van der Waals surface area contributed by atoms with E-state index in [4.69, 9.17) is 4.74 Å². The van der Waals surface area contributed by atoms with Crippen LogP contribution >= 0.6 is 0 Å². The highest BCUT2D eigenvalue weighted by Crippen LogP contribution is 2.32. The van der Waals surface area contributed by atoms with Crippen LogP contribution in [0.15, 0.2) is 0 Å². The molecule has 1 aliphatic heterocycles. The Balaban J connectivity index is 1.83. The van der Waals surface area contributed by atoms with Crippen molar-refractivity contribution in [1.82, 2.24) is 4.90 Å². The number of carbonyl (C=O) groups excluding carboxylic acids is 1. The smallest absolute Gasteiger partial charge is 0.165 e. The molecule has 1 heterocycles. The van der Waals surface area contributed by atoms with Crippen LogP contribution < -0.4 is 0 Å². The van der Waals surface area contributed by atoms with Crippen molar-refractivity contribution in [3.05, 3.63) is 0 Å². The molecule has 0 aromatic heterocycles. The molecule has 14 heavy (non-hydrogen) atoms. The van der Waals surface area contributed by atoms with Gasteiger partial charge in [-0.2, -0.15) is 0 Å². The SMILES string of the molecule is CCCN1CCOC(C(=O)C2CC2)C1. The third-order valence-corrected chi connectivity index (χ3v) is 2.99. The van der Waals surface area contributed by atoms with Gasteiger partial charge in [0.1, 0.15) is 6.10 Å². The van der Waals surface area contributed by atoms with E-state index in [2.05, 4.69) is 11.8 Å². The molecule has 0 aromatic rings. The summed E-state index contributed by atoms with van der Waals surface area (Å²) >= 11 is 0. The summed E-state index contributed by atoms with van der Waals surface area (Å²) in [6, 6.07) is 0. The Morgan fingerprint density at radius 1 is 1.50 bits per heavy atom. The van der Waals surface area contributed by atoms with E-state index in [1.54, 1.807) is 0 Å². The normalized spacial score (nSPS) is 29.1. The van der Waals surface area contributed by atoms with Crippen molar-refractivity contribution in [2.24, 2.45) is 5.92 Å². The quantitative estimate of drug-likeness (QED) is 0.675. The predicted molar refractivity (Wildman–Crippen MR) is 54.2 cm³/mol. The van der Waals surface area contributed by atoms with Crippen molar-refractivity contribution in [2.75, 3.05) is 26.2 Å². The van der Waals surface area contributed by atoms with E-state index in [0.717, 1.165) is 45.5 Å². The van der Waals surface area contributed by atoms with Gasteiger partial charge in [0, 0.05) is 19.0 Å². The molecule has 2 fully saturated rings. The number of hydrogen-bond acceptors (Lipinski definition) is 3. The minimum atomic E-state index is -0.122. The number of Topliss-reactive ketones (excluding diaryl/α,β-unsaturated/α-hetero) is 1. The molecule has 0 amide bonds. The van der Waals surface area contributed by atoms with Crippen LogP contribution in [0.3, 0.4) is 0 Å². The summed E-state index contributed by atoms with van der Waals surface area (Å²) in [6.45, 7) is 5.81. The third kappa shape index (κ3) is 2.34. The van der Waals surface area contributed by atoms with Crippen molar-refractivity contribution < 1.29 is 9.53 Å². The molecule has 1 atom stereocenters. The van der Waals surface area contributed by atoms with Crippen LogP contribution in [0.5, 0.6) is 0 Å². The maximum Gasteiger partial charge on any atom is 0.165 e. The molecule has 80 valence electrons. The van der Waals surface area contributed by atoms with Gasteiger partial charge in [0.15, 0.2) is 5.78 Å². The van der Waals surface area contributed by atoms with Crippen molar-refractivity contribution >= 4 is 5.78 Å². The number of nitrogens with zero attached hydrogens (tertiary/aromatic N) is 1. The fraction of sp³-hybridized carbons (Fsp3) is 0.909. The van der Waals surface area contributed by atoms with Crippen molar-refractivity contribution in [1.29, 1.82) is 0 Å². The van der Waals surface area contributed by atoms with Crippen molar-refractivity contribution in [3.63, 3.8) is 0 Å². The van der Waals surface area contributed by atoms with Crippen LogP contribution in [0.4, 0.5) is 0 Å². The molecule has 1 aliphatic carbocycles. The maximum atomic E-state index is 11.8. The number of ether oxygens (including phenoxy) is 1. The molecule has 1 unspecified atom stereocenters. The fourth-order valence-corrected chi connectivity index (χ4v) is 2.02. The van der Waals surface area contributed by atoms with Crippen LogP contribution in [-0.4, -0.2) is 43.0 Å². The zero-order chi connectivity index (χ0) is 9.97. The Bertz CT molecular complexity index is 211. The van der Waals surface area contributed by atoms with Crippen LogP contribution in [0.25, 0.3) is 0 Å². The first kappa shape index (κ1) is 10.1. The summed E-state index contributed by atoms with van der Waals surface area (Å²) in [5.41, 5.74) is 0. The summed E-state index contributed by atoms with van der Waals surface area (Å²) in [5, 5.41) is 0. The van der Waals surface area contributed by atoms with E-state index in [-0.39, 0.29) is 6.10 Å². The Labute approximate surface area is 85.4 Å². The van der Waals surface area contributed by atoms with E-state index in [1.807, 2.05) is 0 Å². The van der Waals surface area contributed by atoms with Crippen LogP contribution in [0, 0.1) is 5.92 Å². The predicted octanol–water partition coefficient (Wildman–Crippen LogP) is 1.08. The molecule has 3 heteroatoms. The molecule has 0 aromatic carbocycles. The van der Waals surface area contributed by atoms with E-state index < -0.39 is 0 Å². The Hall–Kier alpha value is -0.410. The molecule has 1 saturated heterocycles. The lowest BCUT2D eigenvalue weighted by atomic mass is 10.1. The molecular weight excluding hydrogens is 178 g/mol. The van der Waals surface area contributed by atoms with Crippen LogP contribution in [-0.2, 0) is 9.53 Å². The highest BCUT2D eigenvalue weighted by molar-refractivity contribution is 5.87. The van der Waals surface area contributed by atoms with E-state index in [9.17, 15) is 4.79 Å². The summed E-state index contributed by atoms with van der Waals surface area (Å²) in [7, 11) is 0. The summed E-state index contributed by atoms with van der Waals surface area (Å²) in [6.07, 6.45) is 3.21. The summed E-state index contributed by atoms with van der Waals surface area (Å²) in [5.74, 6) is 0.687. The number of hydrogen-bond donors (Lipinski definition) is 0. The van der Waals surface area contributed by atoms with Crippen LogP contribution in [0.1, 0.15) is 26.2 Å². The minimum absolute atomic E-state index is 0.122. The lowest BCUT2D eigenvalue weighted by Crippen LogP contribution is -2.46. The lowest BCUT2D eigenvalue weighted by Gasteiger charge is -2.31. The highest BCUT2D eigenvalue weighted by atomic mass is 16.5. The third-order valence-electron chi connectivity index (χ3n) is 2.99. The molecule has 3 nitrogen and oxygen atoms in total. The number of morpholine rings is 1. The molecule has 0 radical (unpaired) electrons. The van der Waals surface area contributed by atoms with Gasteiger partial charge >= 0.3 is 0 Å². The van der Waals surface area contributed by atoms with Gasteiger partial charge in [0.2, 0.25) is 0 Å². The van der Waals surface area contributed by atoms with Crippen molar-refractivity contribution in [2.45, 2.75) is 32.3 Å². The zero-order valence-electron chi connectivity index (χ0n) is 8.87. The Morgan fingerprint density at radius 2 is 2.29 bits per heavy atom. The second-order valence-electron chi connectivity index (χ2n) is 4.34. The summed E-state index contributed by atoms with van der Waals surface area (Å²) in [4.78, 5) is 14.1. The van der Waals surface area contributed by atoms with E-state index in [1.165, 1.54) is 0 Å². The second kappa shape index (κ2) is 4.41. The Kier molecular flexibility index (Phi) is 3.19. The first-order chi connectivity index (χ1) is 6.81.